The molecule has 2 aliphatic heterocycles. The van der Waals surface area contributed by atoms with Crippen molar-refractivity contribution in [3.05, 3.63) is 0 Å². The third-order valence-corrected chi connectivity index (χ3v) is 9.50. The summed E-state index contributed by atoms with van der Waals surface area (Å²) in [4.78, 5) is 12.6. The molecule has 4 fully saturated rings. The number of nitrogens with two attached hydrogens (primary N) is 5. The third-order valence-electron chi connectivity index (χ3n) is 9.50. The van der Waals surface area contributed by atoms with Crippen molar-refractivity contribution in [1.82, 2.24) is 10.6 Å². The van der Waals surface area contributed by atoms with E-state index in [1.54, 1.807) is 0 Å². The first-order valence-corrected chi connectivity index (χ1v) is 15.2. The minimum absolute atomic E-state index is 0.0492. The minimum atomic E-state index is -1.61. The van der Waals surface area contributed by atoms with Crippen LogP contribution in [0.5, 0.6) is 0 Å². The van der Waals surface area contributed by atoms with Gasteiger partial charge in [-0.1, -0.05) is 0 Å². The molecule has 18 nitrogen and oxygen atoms in total. The molecule has 0 aromatic heterocycles. The first-order valence-electron chi connectivity index (χ1n) is 15.2. The summed E-state index contributed by atoms with van der Waals surface area (Å²) in [5, 5.41) is 79.7. The molecule has 4 rings (SSSR count). The molecule has 0 aromatic carbocycles. The van der Waals surface area contributed by atoms with Crippen molar-refractivity contribution in [2.24, 2.45) is 40.5 Å². The summed E-state index contributed by atoms with van der Waals surface area (Å²) < 4.78 is 17.7. The number of amides is 1. The SMILES string of the molecule is NCC(O)C(=O)NC1CC(N)C(C2OC(CNCC3CC(N)C3)C(O)C(O)C2N)C(O)C1OC1OC(CO)C(O)C(N)C1O. The molecule has 16 atom stereocenters. The fraction of sp³-hybridized carbons (Fsp3) is 0.962. The van der Waals surface area contributed by atoms with Gasteiger partial charge >= 0.3 is 0 Å². The molecule has 1 amide bonds. The van der Waals surface area contributed by atoms with Gasteiger partial charge in [-0.25, -0.2) is 0 Å². The van der Waals surface area contributed by atoms with Gasteiger partial charge in [0.05, 0.1) is 43.0 Å². The summed E-state index contributed by atoms with van der Waals surface area (Å²) in [5.74, 6) is -1.50. The Kier molecular flexibility index (Phi) is 12.3. The van der Waals surface area contributed by atoms with Crippen LogP contribution in [0.4, 0.5) is 0 Å². The maximum Gasteiger partial charge on any atom is 0.250 e. The number of ether oxygens (including phenoxy) is 3. The van der Waals surface area contributed by atoms with Gasteiger partial charge in [0.1, 0.15) is 42.7 Å². The van der Waals surface area contributed by atoms with Gasteiger partial charge in [0.15, 0.2) is 6.29 Å². The lowest BCUT2D eigenvalue weighted by molar-refractivity contribution is -0.307. The van der Waals surface area contributed by atoms with E-state index < -0.39 is 110 Å². The van der Waals surface area contributed by atoms with Crippen molar-refractivity contribution >= 4 is 5.91 Å². The normalized spacial score (nSPS) is 48.8. The van der Waals surface area contributed by atoms with E-state index in [0.29, 0.717) is 12.5 Å². The number of aliphatic hydroxyl groups is 7. The summed E-state index contributed by atoms with van der Waals surface area (Å²) >= 11 is 0. The molecule has 0 bridgehead atoms. The third kappa shape index (κ3) is 7.52. The quantitative estimate of drug-likeness (QED) is 0.0999. The molecule has 0 radical (unpaired) electrons. The fourth-order valence-corrected chi connectivity index (χ4v) is 6.73. The Morgan fingerprint density at radius 2 is 1.55 bits per heavy atom. The standard InChI is InChI=1S/C26H51N7O11/c27-4-12(35)25(41)33-11-3-10(29)15(20(38)23(11)44-26-22(40)16(30)18(36)14(7-34)43-26)24-17(31)21(39)19(37)13(42-24)6-32-5-8-1-9(28)2-8/h8-24,26,32,34-40H,1-7,27-31H2,(H,33,41). The Morgan fingerprint density at radius 1 is 0.864 bits per heavy atom. The molecule has 0 aromatic rings. The molecule has 2 saturated heterocycles. The first-order chi connectivity index (χ1) is 20.8. The van der Waals surface area contributed by atoms with E-state index in [1.807, 2.05) is 0 Å². The second kappa shape index (κ2) is 15.2. The highest BCUT2D eigenvalue weighted by atomic mass is 16.7. The van der Waals surface area contributed by atoms with E-state index in [-0.39, 0.29) is 25.6 Å². The highest BCUT2D eigenvalue weighted by molar-refractivity contribution is 5.81. The predicted molar refractivity (Wildman–Crippen MR) is 152 cm³/mol. The minimum Gasteiger partial charge on any atom is -0.394 e. The van der Waals surface area contributed by atoms with Gasteiger partial charge in [-0.3, -0.25) is 4.79 Å². The van der Waals surface area contributed by atoms with Gasteiger partial charge < -0.3 is 89.3 Å². The smallest absolute Gasteiger partial charge is 0.250 e. The Morgan fingerprint density at radius 3 is 2.16 bits per heavy atom. The van der Waals surface area contributed by atoms with E-state index in [2.05, 4.69) is 10.6 Å². The van der Waals surface area contributed by atoms with Crippen LogP contribution in [-0.4, -0.2) is 165 Å². The molecular weight excluding hydrogens is 586 g/mol. The summed E-state index contributed by atoms with van der Waals surface area (Å²) in [6.45, 7) is -0.227. The number of nitrogens with one attached hydrogen (secondary N) is 2. The highest BCUT2D eigenvalue weighted by Gasteiger charge is 2.55. The molecule has 2 saturated carbocycles. The molecule has 44 heavy (non-hydrogen) atoms. The number of carbonyl (C=O) groups is 1. The van der Waals surface area contributed by atoms with Gasteiger partial charge in [-0.15, -0.1) is 0 Å². The molecule has 16 unspecified atom stereocenters. The van der Waals surface area contributed by atoms with Gasteiger partial charge in [-0.2, -0.15) is 0 Å². The largest absolute Gasteiger partial charge is 0.394 e. The van der Waals surface area contributed by atoms with Gasteiger partial charge in [0, 0.05) is 31.1 Å². The molecule has 4 aliphatic rings. The van der Waals surface area contributed by atoms with Crippen molar-refractivity contribution in [2.45, 2.75) is 117 Å². The first kappa shape index (κ1) is 35.7. The van der Waals surface area contributed by atoms with E-state index in [1.165, 1.54) is 0 Å². The van der Waals surface area contributed by atoms with Crippen LogP contribution in [0.15, 0.2) is 0 Å². The van der Waals surface area contributed by atoms with Crippen molar-refractivity contribution in [2.75, 3.05) is 26.2 Å². The number of hydrogen-bond donors (Lipinski definition) is 14. The number of carbonyl (C=O) groups excluding carboxylic acids is 1. The lowest BCUT2D eigenvalue weighted by Crippen LogP contribution is -2.72. The van der Waals surface area contributed by atoms with E-state index in [0.717, 1.165) is 12.8 Å². The molecule has 0 spiro atoms. The second-order valence-electron chi connectivity index (χ2n) is 12.7. The maximum atomic E-state index is 12.6. The molecule has 19 N–H and O–H groups in total. The van der Waals surface area contributed by atoms with Crippen molar-refractivity contribution in [3.63, 3.8) is 0 Å². The van der Waals surface area contributed by atoms with Gasteiger partial charge in [0.25, 0.3) is 0 Å². The van der Waals surface area contributed by atoms with Crippen molar-refractivity contribution < 1.29 is 54.8 Å². The average molecular weight is 638 g/mol. The van der Waals surface area contributed by atoms with Crippen LogP contribution < -0.4 is 39.3 Å². The molecule has 256 valence electrons. The summed E-state index contributed by atoms with van der Waals surface area (Å²) in [5.41, 5.74) is 30.0. The monoisotopic (exact) mass is 637 g/mol. The van der Waals surface area contributed by atoms with E-state index in [4.69, 9.17) is 42.9 Å². The summed E-state index contributed by atoms with van der Waals surface area (Å²) in [6.07, 6.45) is -13.4. The number of rotatable bonds is 11. The van der Waals surface area contributed by atoms with Crippen LogP contribution in [0, 0.1) is 11.8 Å². The zero-order valence-corrected chi connectivity index (χ0v) is 24.5. The Hall–Kier alpha value is -1.17. The zero-order chi connectivity index (χ0) is 32.5. The lowest BCUT2D eigenvalue weighted by Gasteiger charge is -2.52. The van der Waals surface area contributed by atoms with E-state index in [9.17, 15) is 40.5 Å². The number of aliphatic hydroxyl groups excluding tert-OH is 7. The lowest BCUT2D eigenvalue weighted by atomic mass is 9.71. The van der Waals surface area contributed by atoms with Crippen molar-refractivity contribution in [1.29, 1.82) is 0 Å². The van der Waals surface area contributed by atoms with Crippen molar-refractivity contribution in [3.8, 4) is 0 Å². The Labute approximate surface area is 255 Å². The topological polar surface area (TPSA) is 341 Å². The van der Waals surface area contributed by atoms with Crippen LogP contribution in [0.1, 0.15) is 19.3 Å². The molecule has 2 heterocycles. The van der Waals surface area contributed by atoms with Crippen LogP contribution in [-0.2, 0) is 19.0 Å². The van der Waals surface area contributed by atoms with Gasteiger partial charge in [0.2, 0.25) is 5.91 Å². The van der Waals surface area contributed by atoms with Crippen LogP contribution >= 0.6 is 0 Å². The second-order valence-corrected chi connectivity index (χ2v) is 12.7. The number of hydrogen-bond acceptors (Lipinski definition) is 17. The average Bonchev–Trinajstić information content (AvgIpc) is 2.98. The fourth-order valence-electron chi connectivity index (χ4n) is 6.73. The highest BCUT2D eigenvalue weighted by Crippen LogP contribution is 2.37. The van der Waals surface area contributed by atoms with Crippen LogP contribution in [0.25, 0.3) is 0 Å². The maximum absolute atomic E-state index is 12.6. The van der Waals surface area contributed by atoms with Gasteiger partial charge in [-0.05, 0) is 31.7 Å². The predicted octanol–water partition coefficient (Wildman–Crippen LogP) is -8.21. The Bertz CT molecular complexity index is 937. The van der Waals surface area contributed by atoms with Crippen LogP contribution in [0.2, 0.25) is 0 Å². The van der Waals surface area contributed by atoms with E-state index >= 15 is 0 Å². The summed E-state index contributed by atoms with van der Waals surface area (Å²) in [6, 6.07) is -4.25. The summed E-state index contributed by atoms with van der Waals surface area (Å²) in [7, 11) is 0. The molecule has 18 heteroatoms. The van der Waals surface area contributed by atoms with Crippen LogP contribution in [0.3, 0.4) is 0 Å². The Balaban J connectivity index is 1.55. The zero-order valence-electron chi connectivity index (χ0n) is 24.5. The molecule has 2 aliphatic carbocycles. The molecular formula is C26H51N7O11.